The Bertz CT molecular complexity index is 156. The van der Waals surface area contributed by atoms with E-state index in [2.05, 4.69) is 0 Å². The zero-order valence-corrected chi connectivity index (χ0v) is 4.77. The number of carbonyl (C=O) groups is 1. The van der Waals surface area contributed by atoms with Crippen molar-refractivity contribution in [3.63, 3.8) is 0 Å². The minimum atomic E-state index is 0.0856. The minimum Gasteiger partial charge on any atom is -0.512 e. The van der Waals surface area contributed by atoms with Crippen LogP contribution in [0.2, 0.25) is 0 Å². The van der Waals surface area contributed by atoms with E-state index in [4.69, 9.17) is 5.11 Å². The summed E-state index contributed by atoms with van der Waals surface area (Å²) in [7, 11) is 0. The summed E-state index contributed by atoms with van der Waals surface area (Å²) < 4.78 is 0. The average Bonchev–Trinajstić information content (AvgIpc) is 1.98. The van der Waals surface area contributed by atoms with Crippen molar-refractivity contribution in [1.29, 1.82) is 0 Å². The number of ketones is 1. The van der Waals surface area contributed by atoms with E-state index in [1.165, 1.54) is 0 Å². The third-order valence-electron chi connectivity index (χ3n) is 1.44. The quantitative estimate of drug-likeness (QED) is 0.511. The lowest BCUT2D eigenvalue weighted by atomic mass is 10.2. The van der Waals surface area contributed by atoms with Crippen LogP contribution in [-0.2, 0) is 4.79 Å². The van der Waals surface area contributed by atoms with Crippen LogP contribution in [0.25, 0.3) is 0 Å². The van der Waals surface area contributed by atoms with E-state index in [9.17, 15) is 4.79 Å². The topological polar surface area (TPSA) is 37.3 Å². The van der Waals surface area contributed by atoms with Gasteiger partial charge in [0, 0.05) is 18.4 Å². The van der Waals surface area contributed by atoms with Crippen molar-refractivity contribution in [2.45, 2.75) is 19.8 Å². The Hall–Kier alpha value is -0.790. The molecular weight excluding hydrogens is 104 g/mol. The second kappa shape index (κ2) is 1.62. The highest BCUT2D eigenvalue weighted by atomic mass is 16.3. The molecule has 0 spiro atoms. The minimum absolute atomic E-state index is 0.0856. The van der Waals surface area contributed by atoms with Crippen LogP contribution in [0.5, 0.6) is 0 Å². The molecule has 0 aromatic carbocycles. The van der Waals surface area contributed by atoms with Gasteiger partial charge in [0.25, 0.3) is 0 Å². The fourth-order valence-electron chi connectivity index (χ4n) is 0.768. The molecule has 1 rings (SSSR count). The first kappa shape index (κ1) is 5.35. The van der Waals surface area contributed by atoms with Gasteiger partial charge >= 0.3 is 0 Å². The van der Waals surface area contributed by atoms with Crippen LogP contribution in [0.3, 0.4) is 0 Å². The maximum Gasteiger partial charge on any atom is 0.162 e. The van der Waals surface area contributed by atoms with Gasteiger partial charge in [0.05, 0.1) is 5.76 Å². The van der Waals surface area contributed by atoms with Crippen molar-refractivity contribution < 1.29 is 9.90 Å². The number of aliphatic hydroxyl groups is 1. The van der Waals surface area contributed by atoms with Crippen LogP contribution in [0.4, 0.5) is 0 Å². The van der Waals surface area contributed by atoms with E-state index < -0.39 is 0 Å². The Balaban J connectivity index is 2.86. The molecule has 1 aliphatic rings. The second-order valence-corrected chi connectivity index (χ2v) is 1.99. The van der Waals surface area contributed by atoms with E-state index in [1.807, 2.05) is 0 Å². The molecule has 0 aromatic heterocycles. The normalized spacial score (nSPS) is 20.4. The van der Waals surface area contributed by atoms with Gasteiger partial charge in [-0.3, -0.25) is 4.79 Å². The largest absolute Gasteiger partial charge is 0.512 e. The summed E-state index contributed by atoms with van der Waals surface area (Å²) in [5, 5.41) is 8.83. The van der Waals surface area contributed by atoms with Gasteiger partial charge in [-0.25, -0.2) is 0 Å². The van der Waals surface area contributed by atoms with Crippen molar-refractivity contribution in [1.82, 2.24) is 0 Å². The van der Waals surface area contributed by atoms with Crippen LogP contribution in [0.1, 0.15) is 19.8 Å². The highest BCUT2D eigenvalue weighted by molar-refractivity contribution is 5.97. The van der Waals surface area contributed by atoms with Gasteiger partial charge in [0.15, 0.2) is 5.78 Å². The fourth-order valence-corrected chi connectivity index (χ4v) is 0.768. The number of hydrogen-bond donors (Lipinski definition) is 1. The molecule has 1 aliphatic carbocycles. The van der Waals surface area contributed by atoms with Gasteiger partial charge in [0.1, 0.15) is 0 Å². The first-order valence-corrected chi connectivity index (χ1v) is 2.63. The SMILES string of the molecule is CC1=C(O)CCC1=O. The highest BCUT2D eigenvalue weighted by Gasteiger charge is 2.17. The molecule has 0 atom stereocenters. The molecule has 8 heavy (non-hydrogen) atoms. The average molecular weight is 112 g/mol. The van der Waals surface area contributed by atoms with Gasteiger partial charge in [-0.2, -0.15) is 0 Å². The smallest absolute Gasteiger partial charge is 0.162 e. The Morgan fingerprint density at radius 3 is 2.25 bits per heavy atom. The number of rotatable bonds is 0. The van der Waals surface area contributed by atoms with Gasteiger partial charge in [-0.15, -0.1) is 0 Å². The second-order valence-electron chi connectivity index (χ2n) is 1.99. The summed E-state index contributed by atoms with van der Waals surface area (Å²) in [6.07, 6.45) is 1.04. The molecule has 2 heteroatoms. The third-order valence-corrected chi connectivity index (χ3v) is 1.44. The van der Waals surface area contributed by atoms with Crippen molar-refractivity contribution in [3.8, 4) is 0 Å². The summed E-state index contributed by atoms with van der Waals surface area (Å²) in [6.45, 7) is 1.66. The zero-order chi connectivity index (χ0) is 6.15. The van der Waals surface area contributed by atoms with Gasteiger partial charge in [0.2, 0.25) is 0 Å². The molecule has 0 saturated carbocycles. The molecule has 0 aromatic rings. The van der Waals surface area contributed by atoms with E-state index in [-0.39, 0.29) is 11.5 Å². The van der Waals surface area contributed by atoms with Crippen LogP contribution in [-0.4, -0.2) is 10.9 Å². The Morgan fingerprint density at radius 2 is 2.12 bits per heavy atom. The lowest BCUT2D eigenvalue weighted by Gasteiger charge is -1.85. The van der Waals surface area contributed by atoms with E-state index >= 15 is 0 Å². The van der Waals surface area contributed by atoms with E-state index in [0.29, 0.717) is 18.4 Å². The predicted octanol–water partition coefficient (Wildman–Crippen LogP) is 1.18. The predicted molar refractivity (Wildman–Crippen MR) is 29.6 cm³/mol. The number of hydrogen-bond acceptors (Lipinski definition) is 2. The summed E-state index contributed by atoms with van der Waals surface area (Å²) in [4.78, 5) is 10.6. The van der Waals surface area contributed by atoms with Crippen molar-refractivity contribution >= 4 is 5.78 Å². The summed E-state index contributed by atoms with van der Waals surface area (Å²) in [6, 6.07) is 0. The van der Waals surface area contributed by atoms with E-state index in [0.717, 1.165) is 0 Å². The lowest BCUT2D eigenvalue weighted by molar-refractivity contribution is -0.114. The first-order chi connectivity index (χ1) is 3.72. The van der Waals surface area contributed by atoms with Gasteiger partial charge in [-0.1, -0.05) is 0 Å². The number of allylic oxidation sites excluding steroid dienone is 2. The number of aliphatic hydroxyl groups excluding tert-OH is 1. The maximum atomic E-state index is 10.6. The Morgan fingerprint density at radius 1 is 1.50 bits per heavy atom. The molecule has 0 amide bonds. The molecule has 0 unspecified atom stereocenters. The van der Waals surface area contributed by atoms with E-state index in [1.54, 1.807) is 6.92 Å². The highest BCUT2D eigenvalue weighted by Crippen LogP contribution is 2.18. The zero-order valence-electron chi connectivity index (χ0n) is 4.77. The molecule has 44 valence electrons. The van der Waals surface area contributed by atoms with Gasteiger partial charge < -0.3 is 5.11 Å². The van der Waals surface area contributed by atoms with Crippen LogP contribution in [0.15, 0.2) is 11.3 Å². The molecule has 0 fully saturated rings. The monoisotopic (exact) mass is 112 g/mol. The summed E-state index contributed by atoms with van der Waals surface area (Å²) >= 11 is 0. The third kappa shape index (κ3) is 0.619. The molecule has 0 heterocycles. The molecule has 0 radical (unpaired) electrons. The Kier molecular flexibility index (Phi) is 1.08. The molecular formula is C6H8O2. The summed E-state index contributed by atoms with van der Waals surface area (Å²) in [5.74, 6) is 0.359. The maximum absolute atomic E-state index is 10.6. The van der Waals surface area contributed by atoms with Gasteiger partial charge in [-0.05, 0) is 6.92 Å². The summed E-state index contributed by atoms with van der Waals surface area (Å²) in [5.41, 5.74) is 0.546. The first-order valence-electron chi connectivity index (χ1n) is 2.63. The number of carbonyl (C=O) groups excluding carboxylic acids is 1. The van der Waals surface area contributed by atoms with Crippen molar-refractivity contribution in [3.05, 3.63) is 11.3 Å². The molecule has 2 nitrogen and oxygen atoms in total. The molecule has 1 N–H and O–H groups in total. The fraction of sp³-hybridized carbons (Fsp3) is 0.500. The van der Waals surface area contributed by atoms with Crippen molar-refractivity contribution in [2.75, 3.05) is 0 Å². The molecule has 0 aliphatic heterocycles. The number of Topliss-reactive ketones (excluding diaryl/α,β-unsaturated/α-hetero) is 1. The Labute approximate surface area is 47.8 Å². The van der Waals surface area contributed by atoms with Crippen LogP contribution < -0.4 is 0 Å². The lowest BCUT2D eigenvalue weighted by Crippen LogP contribution is -1.89. The van der Waals surface area contributed by atoms with Crippen LogP contribution in [0, 0.1) is 0 Å². The molecule has 0 bridgehead atoms. The molecule has 0 saturated heterocycles. The van der Waals surface area contributed by atoms with Crippen molar-refractivity contribution in [2.24, 2.45) is 0 Å². The van der Waals surface area contributed by atoms with Crippen LogP contribution >= 0.6 is 0 Å². The standard InChI is InChI=1S/C6H8O2/c1-4-5(7)2-3-6(4)8/h7H,2-3H2,1H3.